The van der Waals surface area contributed by atoms with E-state index in [-0.39, 0.29) is 6.54 Å². The van der Waals surface area contributed by atoms with Crippen LogP contribution < -0.4 is 0 Å². The minimum atomic E-state index is -4.97. The quantitative estimate of drug-likeness (QED) is 0.735. The van der Waals surface area contributed by atoms with Crippen molar-refractivity contribution >= 4 is 5.78 Å². The van der Waals surface area contributed by atoms with E-state index in [1.54, 1.807) is 0 Å². The smallest absolute Gasteiger partial charge is 0.282 e. The highest BCUT2D eigenvalue weighted by Crippen LogP contribution is 2.19. The molecule has 0 amide bonds. The highest BCUT2D eigenvalue weighted by atomic mass is 19.4. The number of alkyl halides is 3. The number of tetrazole rings is 1. The fourth-order valence-electron chi connectivity index (χ4n) is 1.59. The summed E-state index contributed by atoms with van der Waals surface area (Å²) < 4.78 is 39.4. The molecule has 114 valence electrons. The van der Waals surface area contributed by atoms with Crippen molar-refractivity contribution in [3.05, 3.63) is 17.7 Å². The van der Waals surface area contributed by atoms with Crippen LogP contribution in [0.25, 0.3) is 0 Å². The minimum absolute atomic E-state index is 0.0366. The van der Waals surface area contributed by atoms with Gasteiger partial charge in [-0.15, -0.1) is 10.2 Å². The van der Waals surface area contributed by atoms with Gasteiger partial charge in [0.2, 0.25) is 0 Å². The van der Waals surface area contributed by atoms with Crippen molar-refractivity contribution in [1.82, 2.24) is 35.2 Å². The zero-order valence-electron chi connectivity index (χ0n) is 11.1. The lowest BCUT2D eigenvalue weighted by atomic mass is 10.3. The summed E-state index contributed by atoms with van der Waals surface area (Å²) in [5.41, 5.74) is -0.755. The number of Topliss-reactive ketones (excluding diaryl/α,β-unsaturated/α-hetero) is 1. The Morgan fingerprint density at radius 1 is 1.29 bits per heavy atom. The van der Waals surface area contributed by atoms with Crippen molar-refractivity contribution < 1.29 is 18.0 Å². The molecule has 0 atom stereocenters. The molecule has 2 rings (SSSR count). The van der Waals surface area contributed by atoms with Crippen LogP contribution in [-0.4, -0.2) is 47.2 Å². The fourth-order valence-corrected chi connectivity index (χ4v) is 1.59. The summed E-state index contributed by atoms with van der Waals surface area (Å²) in [5.74, 6) is -1.60. The van der Waals surface area contributed by atoms with E-state index in [1.165, 1.54) is 4.68 Å². The van der Waals surface area contributed by atoms with Crippen LogP contribution in [0.4, 0.5) is 13.2 Å². The summed E-state index contributed by atoms with van der Waals surface area (Å²) in [6.45, 7) is 2.65. The molecule has 2 heterocycles. The third kappa shape index (κ3) is 3.61. The van der Waals surface area contributed by atoms with Crippen LogP contribution in [0.3, 0.4) is 0 Å². The first-order chi connectivity index (χ1) is 9.91. The fraction of sp³-hybridized carbons (Fsp3) is 0.600. The van der Waals surface area contributed by atoms with Crippen LogP contribution in [0.15, 0.2) is 6.20 Å². The third-order valence-corrected chi connectivity index (χ3v) is 2.66. The number of aromatic nitrogens is 7. The van der Waals surface area contributed by atoms with Crippen LogP contribution in [-0.2, 0) is 13.1 Å². The topological polar surface area (TPSA) is 91.4 Å². The molecule has 0 fully saturated rings. The standard InChI is InChI=1S/C10H12F3N7O/c1-2-3-4-20-8(15-16-18-20)6-19-5-7(14-17-19)9(21)10(11,12)13/h5H,2-4,6H2,1H3. The summed E-state index contributed by atoms with van der Waals surface area (Å²) in [7, 11) is 0. The second-order valence-corrected chi connectivity index (χ2v) is 4.30. The Balaban J connectivity index is 2.10. The summed E-state index contributed by atoms with van der Waals surface area (Å²) in [4.78, 5) is 11.0. The van der Waals surface area contributed by atoms with E-state index in [4.69, 9.17) is 0 Å². The summed E-state index contributed by atoms with van der Waals surface area (Å²) >= 11 is 0. The number of nitrogens with zero attached hydrogens (tertiary/aromatic N) is 7. The number of carbonyl (C=O) groups is 1. The number of rotatable bonds is 6. The highest BCUT2D eigenvalue weighted by Gasteiger charge is 2.41. The lowest BCUT2D eigenvalue weighted by molar-refractivity contribution is -0.0888. The van der Waals surface area contributed by atoms with Crippen molar-refractivity contribution in [2.75, 3.05) is 0 Å². The predicted octanol–water partition coefficient (Wildman–Crippen LogP) is 0.858. The van der Waals surface area contributed by atoms with E-state index in [1.807, 2.05) is 6.92 Å². The summed E-state index contributed by atoms with van der Waals surface area (Å²) in [6, 6.07) is 0. The zero-order valence-corrected chi connectivity index (χ0v) is 11.1. The van der Waals surface area contributed by atoms with Gasteiger partial charge in [0.05, 0.1) is 6.20 Å². The second-order valence-electron chi connectivity index (χ2n) is 4.30. The molecule has 0 N–H and O–H groups in total. The summed E-state index contributed by atoms with van der Waals surface area (Å²) in [5, 5.41) is 17.8. The van der Waals surface area contributed by atoms with Crippen molar-refractivity contribution in [3.63, 3.8) is 0 Å². The SMILES string of the molecule is CCCCn1nnnc1Cn1cc(C(=O)C(F)(F)F)nn1. The van der Waals surface area contributed by atoms with Gasteiger partial charge in [-0.25, -0.2) is 9.36 Å². The van der Waals surface area contributed by atoms with Crippen LogP contribution in [0.5, 0.6) is 0 Å². The zero-order chi connectivity index (χ0) is 15.5. The molecule has 0 aliphatic rings. The van der Waals surface area contributed by atoms with Gasteiger partial charge in [-0.3, -0.25) is 4.79 Å². The van der Waals surface area contributed by atoms with E-state index in [9.17, 15) is 18.0 Å². The van der Waals surface area contributed by atoms with Crippen LogP contribution >= 0.6 is 0 Å². The number of carbonyl (C=O) groups excluding carboxylic acids is 1. The number of aryl methyl sites for hydroxylation is 1. The Bertz CT molecular complexity index is 618. The first-order valence-corrected chi connectivity index (χ1v) is 6.18. The van der Waals surface area contributed by atoms with E-state index in [2.05, 4.69) is 25.8 Å². The second kappa shape index (κ2) is 5.97. The Morgan fingerprint density at radius 2 is 2.05 bits per heavy atom. The summed E-state index contributed by atoms with van der Waals surface area (Å²) in [6.07, 6.45) is -2.22. The van der Waals surface area contributed by atoms with Gasteiger partial charge >= 0.3 is 6.18 Å². The molecule has 21 heavy (non-hydrogen) atoms. The van der Waals surface area contributed by atoms with E-state index >= 15 is 0 Å². The number of ketones is 1. The van der Waals surface area contributed by atoms with Gasteiger partial charge in [0.15, 0.2) is 11.5 Å². The van der Waals surface area contributed by atoms with Gasteiger partial charge in [-0.1, -0.05) is 18.6 Å². The maximum Gasteiger partial charge on any atom is 0.456 e. The number of halogens is 3. The molecule has 0 aromatic carbocycles. The molecule has 0 aliphatic carbocycles. The van der Waals surface area contributed by atoms with Crippen molar-refractivity contribution in [1.29, 1.82) is 0 Å². The van der Waals surface area contributed by atoms with Crippen molar-refractivity contribution in [3.8, 4) is 0 Å². The number of hydrogen-bond donors (Lipinski definition) is 0. The number of unbranched alkanes of at least 4 members (excludes halogenated alkanes) is 1. The molecule has 0 saturated heterocycles. The molecule has 0 aliphatic heterocycles. The molecule has 11 heteroatoms. The molecule has 0 spiro atoms. The Labute approximate surface area is 116 Å². The minimum Gasteiger partial charge on any atom is -0.282 e. The molecule has 8 nitrogen and oxygen atoms in total. The van der Waals surface area contributed by atoms with Crippen LogP contribution in [0.1, 0.15) is 36.1 Å². The molecule has 0 radical (unpaired) electrons. The van der Waals surface area contributed by atoms with Crippen molar-refractivity contribution in [2.24, 2.45) is 0 Å². The van der Waals surface area contributed by atoms with E-state index in [0.29, 0.717) is 12.4 Å². The Morgan fingerprint density at radius 3 is 2.71 bits per heavy atom. The predicted molar refractivity (Wildman–Crippen MR) is 62.2 cm³/mol. The van der Waals surface area contributed by atoms with Crippen LogP contribution in [0.2, 0.25) is 0 Å². The molecule has 0 saturated carbocycles. The third-order valence-electron chi connectivity index (χ3n) is 2.66. The van der Waals surface area contributed by atoms with Crippen molar-refractivity contribution in [2.45, 2.75) is 39.0 Å². The molecule has 0 unspecified atom stereocenters. The Hall–Kier alpha value is -2.33. The van der Waals surface area contributed by atoms with Crippen LogP contribution in [0, 0.1) is 0 Å². The monoisotopic (exact) mass is 303 g/mol. The Kier molecular flexibility index (Phi) is 4.29. The maximum absolute atomic E-state index is 12.3. The lowest BCUT2D eigenvalue weighted by Crippen LogP contribution is -2.23. The maximum atomic E-state index is 12.3. The van der Waals surface area contributed by atoms with Gasteiger partial charge < -0.3 is 0 Å². The van der Waals surface area contributed by atoms with E-state index in [0.717, 1.165) is 23.7 Å². The lowest BCUT2D eigenvalue weighted by Gasteiger charge is -2.03. The first-order valence-electron chi connectivity index (χ1n) is 6.18. The van der Waals surface area contributed by atoms with Gasteiger partial charge in [-0.05, 0) is 16.8 Å². The molecule has 2 aromatic rings. The van der Waals surface area contributed by atoms with Gasteiger partial charge in [0.1, 0.15) is 6.54 Å². The first kappa shape index (κ1) is 15.1. The average Bonchev–Trinajstić information content (AvgIpc) is 3.04. The van der Waals surface area contributed by atoms with E-state index < -0.39 is 17.7 Å². The normalized spacial score (nSPS) is 11.8. The largest absolute Gasteiger partial charge is 0.456 e. The van der Waals surface area contributed by atoms with Gasteiger partial charge in [0, 0.05) is 6.54 Å². The molecular weight excluding hydrogens is 291 g/mol. The molecule has 2 aromatic heterocycles. The number of hydrogen-bond acceptors (Lipinski definition) is 6. The van der Waals surface area contributed by atoms with Gasteiger partial charge in [-0.2, -0.15) is 13.2 Å². The highest BCUT2D eigenvalue weighted by molar-refractivity contribution is 5.98. The van der Waals surface area contributed by atoms with Gasteiger partial charge in [0.25, 0.3) is 5.78 Å². The average molecular weight is 303 g/mol. The molecule has 0 bridgehead atoms. The molecular formula is C10H12F3N7O.